The van der Waals surface area contributed by atoms with Crippen molar-refractivity contribution in [1.82, 2.24) is 14.8 Å². The van der Waals surface area contributed by atoms with Crippen LogP contribution in [0, 0.1) is 6.92 Å². The van der Waals surface area contributed by atoms with E-state index in [0.29, 0.717) is 30.4 Å². The van der Waals surface area contributed by atoms with Gasteiger partial charge < -0.3 is 19.5 Å². The van der Waals surface area contributed by atoms with E-state index in [2.05, 4.69) is 15.4 Å². The van der Waals surface area contributed by atoms with Crippen molar-refractivity contribution in [2.24, 2.45) is 7.05 Å². The van der Waals surface area contributed by atoms with Gasteiger partial charge >= 0.3 is 6.18 Å². The molecule has 0 bridgehead atoms. The van der Waals surface area contributed by atoms with Crippen LogP contribution in [0.15, 0.2) is 24.3 Å². The molecule has 8 nitrogen and oxygen atoms in total. The van der Waals surface area contributed by atoms with Gasteiger partial charge in [-0.1, -0.05) is 0 Å². The summed E-state index contributed by atoms with van der Waals surface area (Å²) in [7, 11) is 1.49. The molecule has 31 heavy (non-hydrogen) atoms. The lowest BCUT2D eigenvalue weighted by Crippen LogP contribution is -2.30. The number of fused-ring (bicyclic) bond motifs is 2. The summed E-state index contributed by atoms with van der Waals surface area (Å²) in [5, 5.41) is 6.55. The molecule has 1 amide bonds. The maximum absolute atomic E-state index is 13.6. The number of hydrogen-bond donors (Lipinski definition) is 1. The highest BCUT2D eigenvalue weighted by molar-refractivity contribution is 5.94. The number of nitrogens with one attached hydrogen (secondary N) is 1. The third-order valence-corrected chi connectivity index (χ3v) is 4.73. The number of aryl methyl sites for hydroxylation is 2. The molecule has 0 saturated carbocycles. The minimum Gasteiger partial charge on any atom is -0.486 e. The van der Waals surface area contributed by atoms with Crippen LogP contribution >= 0.6 is 0 Å². The highest BCUT2D eigenvalue weighted by Crippen LogP contribution is 2.38. The Labute approximate surface area is 174 Å². The first-order chi connectivity index (χ1) is 14.6. The van der Waals surface area contributed by atoms with Crippen molar-refractivity contribution in [3.8, 4) is 17.4 Å². The van der Waals surface area contributed by atoms with E-state index in [4.69, 9.17) is 14.2 Å². The summed E-state index contributed by atoms with van der Waals surface area (Å²) >= 11 is 0. The Morgan fingerprint density at radius 1 is 1.23 bits per heavy atom. The predicted molar refractivity (Wildman–Crippen MR) is 104 cm³/mol. The van der Waals surface area contributed by atoms with Crippen LogP contribution in [-0.4, -0.2) is 40.0 Å². The molecule has 1 aromatic carbocycles. The minimum absolute atomic E-state index is 0.0155. The Morgan fingerprint density at radius 3 is 2.65 bits per heavy atom. The van der Waals surface area contributed by atoms with Crippen LogP contribution in [0.3, 0.4) is 0 Å². The first-order valence-electron chi connectivity index (χ1n) is 9.42. The number of ether oxygens (including phenoxy) is 3. The minimum atomic E-state index is -4.64. The number of aromatic nitrogens is 3. The van der Waals surface area contributed by atoms with Gasteiger partial charge in [-0.05, 0) is 26.0 Å². The topological polar surface area (TPSA) is 87.5 Å². The number of carbonyl (C=O) groups is 1. The van der Waals surface area contributed by atoms with Crippen molar-refractivity contribution in [3.63, 3.8) is 0 Å². The normalized spacial score (nSPS) is 14.4. The lowest BCUT2D eigenvalue weighted by molar-refractivity contribution is -0.136. The van der Waals surface area contributed by atoms with Crippen molar-refractivity contribution in [2.45, 2.75) is 26.1 Å². The third kappa shape index (κ3) is 4.07. The van der Waals surface area contributed by atoms with Gasteiger partial charge in [0, 0.05) is 24.9 Å². The van der Waals surface area contributed by atoms with Gasteiger partial charge in [0.05, 0.1) is 16.6 Å². The molecular formula is C20H19F3N4O4. The molecule has 1 aliphatic rings. The standard InChI is InChI=1S/C20H19F3N4O4/c1-10-17-13(20(21,22)23)9-16(25-18(17)27(3)26-10)31-11(2)19(28)24-12-4-5-14-15(8-12)30-7-6-29-14/h4-5,8-9,11H,6-7H2,1-3H3,(H,24,28). The van der Waals surface area contributed by atoms with Gasteiger partial charge in [-0.2, -0.15) is 23.3 Å². The van der Waals surface area contributed by atoms with Crippen LogP contribution in [0.2, 0.25) is 0 Å². The Hall–Kier alpha value is -3.50. The van der Waals surface area contributed by atoms with E-state index in [9.17, 15) is 18.0 Å². The van der Waals surface area contributed by atoms with Gasteiger partial charge in [-0.25, -0.2) is 0 Å². The lowest BCUT2D eigenvalue weighted by atomic mass is 10.1. The monoisotopic (exact) mass is 436 g/mol. The molecule has 3 aromatic rings. The molecule has 0 aliphatic carbocycles. The number of anilines is 1. The molecule has 2 aromatic heterocycles. The number of nitrogens with zero attached hydrogens (tertiary/aromatic N) is 3. The fraction of sp³-hybridized carbons (Fsp3) is 0.350. The zero-order chi connectivity index (χ0) is 22.3. The molecule has 4 rings (SSSR count). The molecule has 11 heteroatoms. The second-order valence-corrected chi connectivity index (χ2v) is 7.02. The van der Waals surface area contributed by atoms with Gasteiger partial charge in [0.25, 0.3) is 5.91 Å². The zero-order valence-electron chi connectivity index (χ0n) is 16.9. The molecule has 3 heterocycles. The third-order valence-electron chi connectivity index (χ3n) is 4.73. The van der Waals surface area contributed by atoms with E-state index in [0.717, 1.165) is 6.07 Å². The Kier molecular flexibility index (Phi) is 5.11. The van der Waals surface area contributed by atoms with Crippen molar-refractivity contribution in [1.29, 1.82) is 0 Å². The van der Waals surface area contributed by atoms with Gasteiger partial charge in [-0.3, -0.25) is 9.48 Å². The summed E-state index contributed by atoms with van der Waals surface area (Å²) in [6.07, 6.45) is -5.75. The second kappa shape index (κ2) is 7.64. The Bertz CT molecular complexity index is 1160. The predicted octanol–water partition coefficient (Wildman–Crippen LogP) is 3.47. The maximum Gasteiger partial charge on any atom is 0.417 e. The molecule has 1 atom stereocenters. The average molecular weight is 436 g/mol. The maximum atomic E-state index is 13.6. The largest absolute Gasteiger partial charge is 0.486 e. The van der Waals surface area contributed by atoms with Crippen molar-refractivity contribution in [2.75, 3.05) is 18.5 Å². The highest BCUT2D eigenvalue weighted by Gasteiger charge is 2.36. The molecule has 0 fully saturated rings. The molecular weight excluding hydrogens is 417 g/mol. The fourth-order valence-electron chi connectivity index (χ4n) is 3.31. The van der Waals surface area contributed by atoms with Crippen molar-refractivity contribution >= 4 is 22.6 Å². The van der Waals surface area contributed by atoms with Gasteiger partial charge in [-0.15, -0.1) is 0 Å². The SMILES string of the molecule is Cc1nn(C)c2nc(OC(C)C(=O)Nc3ccc4c(c3)OCCO4)cc(C(F)(F)F)c12. The molecule has 1 N–H and O–H groups in total. The first kappa shape index (κ1) is 20.8. The van der Waals surface area contributed by atoms with Gasteiger partial charge in [0.1, 0.15) is 13.2 Å². The summed E-state index contributed by atoms with van der Waals surface area (Å²) in [6, 6.07) is 5.67. The van der Waals surface area contributed by atoms with E-state index >= 15 is 0 Å². The number of pyridine rings is 1. The fourth-order valence-corrected chi connectivity index (χ4v) is 3.31. The van der Waals surface area contributed by atoms with Gasteiger partial charge in [0.15, 0.2) is 23.3 Å². The number of halogens is 3. The van der Waals surface area contributed by atoms with Gasteiger partial charge in [0.2, 0.25) is 5.88 Å². The summed E-state index contributed by atoms with van der Waals surface area (Å²) in [6.45, 7) is 3.73. The van der Waals surface area contributed by atoms with E-state index in [1.165, 1.54) is 25.6 Å². The number of hydrogen-bond acceptors (Lipinski definition) is 6. The van der Waals surface area contributed by atoms with Crippen LogP contribution < -0.4 is 19.5 Å². The van der Waals surface area contributed by atoms with Crippen molar-refractivity contribution in [3.05, 3.63) is 35.5 Å². The summed E-state index contributed by atoms with van der Waals surface area (Å²) in [4.78, 5) is 16.6. The molecule has 164 valence electrons. The number of carbonyl (C=O) groups excluding carboxylic acids is 1. The Morgan fingerprint density at radius 2 is 1.94 bits per heavy atom. The van der Waals surface area contributed by atoms with Crippen molar-refractivity contribution < 1.29 is 32.2 Å². The van der Waals surface area contributed by atoms with Crippen LogP contribution in [0.5, 0.6) is 17.4 Å². The molecule has 1 aliphatic heterocycles. The Balaban J connectivity index is 1.56. The average Bonchev–Trinajstić information content (AvgIpc) is 3.00. The van der Waals surface area contributed by atoms with Crippen LogP contribution in [0.25, 0.3) is 11.0 Å². The zero-order valence-corrected chi connectivity index (χ0v) is 16.9. The van der Waals surface area contributed by atoms with E-state index in [-0.39, 0.29) is 22.6 Å². The molecule has 1 unspecified atom stereocenters. The van der Waals surface area contributed by atoms with Crippen LogP contribution in [0.1, 0.15) is 18.2 Å². The quantitative estimate of drug-likeness (QED) is 0.674. The molecule has 0 spiro atoms. The summed E-state index contributed by atoms with van der Waals surface area (Å²) in [5.74, 6) is 0.171. The molecule has 0 saturated heterocycles. The summed E-state index contributed by atoms with van der Waals surface area (Å²) in [5.41, 5.74) is -0.265. The number of amides is 1. The number of alkyl halides is 3. The number of rotatable bonds is 4. The highest BCUT2D eigenvalue weighted by atomic mass is 19.4. The molecule has 0 radical (unpaired) electrons. The van der Waals surface area contributed by atoms with E-state index in [1.54, 1.807) is 18.2 Å². The van der Waals surface area contributed by atoms with Crippen LogP contribution in [-0.2, 0) is 18.0 Å². The van der Waals surface area contributed by atoms with E-state index in [1.807, 2.05) is 0 Å². The number of benzene rings is 1. The van der Waals surface area contributed by atoms with E-state index < -0.39 is 23.8 Å². The second-order valence-electron chi connectivity index (χ2n) is 7.02. The summed E-state index contributed by atoms with van der Waals surface area (Å²) < 4.78 is 58.3. The first-order valence-corrected chi connectivity index (χ1v) is 9.42. The van der Waals surface area contributed by atoms with Crippen LogP contribution in [0.4, 0.5) is 18.9 Å². The lowest BCUT2D eigenvalue weighted by Gasteiger charge is -2.20. The smallest absolute Gasteiger partial charge is 0.417 e.